The Morgan fingerprint density at radius 2 is 2.23 bits per heavy atom. The molecule has 0 aliphatic carbocycles. The second-order valence-electron chi connectivity index (χ2n) is 3.34. The summed E-state index contributed by atoms with van der Waals surface area (Å²) in [6.07, 6.45) is 0. The van der Waals surface area contributed by atoms with Crippen LogP contribution in [0.3, 0.4) is 0 Å². The first kappa shape index (κ1) is 9.83. The summed E-state index contributed by atoms with van der Waals surface area (Å²) < 4.78 is 0. The molecule has 0 bridgehead atoms. The van der Waals surface area contributed by atoms with Crippen LogP contribution in [0.5, 0.6) is 0 Å². The molecule has 5 heteroatoms. The van der Waals surface area contributed by atoms with Gasteiger partial charge in [0.05, 0.1) is 0 Å². The molecule has 0 spiro atoms. The third kappa shape index (κ3) is 1.91. The predicted octanol–water partition coefficient (Wildman–Crippen LogP) is -0.512. The van der Waals surface area contributed by atoms with Crippen LogP contribution in [-0.4, -0.2) is 55.0 Å². The van der Waals surface area contributed by atoms with E-state index in [4.69, 9.17) is 0 Å². The first-order valence-corrected chi connectivity index (χ1v) is 4.29. The fourth-order valence-electron chi connectivity index (χ4n) is 1.30. The molecule has 0 saturated carbocycles. The molecule has 3 amide bonds. The van der Waals surface area contributed by atoms with E-state index in [1.54, 1.807) is 25.9 Å². The van der Waals surface area contributed by atoms with Crippen molar-refractivity contribution in [3.8, 4) is 0 Å². The monoisotopic (exact) mass is 185 g/mol. The van der Waals surface area contributed by atoms with Gasteiger partial charge in [0.2, 0.25) is 5.91 Å². The minimum absolute atomic E-state index is 0.0820. The highest BCUT2D eigenvalue weighted by Gasteiger charge is 2.29. The van der Waals surface area contributed by atoms with Crippen LogP contribution in [-0.2, 0) is 4.79 Å². The molecule has 74 valence electrons. The molecule has 5 nitrogen and oxygen atoms in total. The molecular formula is C8H15N3O2. The van der Waals surface area contributed by atoms with Gasteiger partial charge >= 0.3 is 6.03 Å². The van der Waals surface area contributed by atoms with Gasteiger partial charge in [-0.15, -0.1) is 0 Å². The first-order chi connectivity index (χ1) is 6.04. The van der Waals surface area contributed by atoms with E-state index in [2.05, 4.69) is 5.32 Å². The van der Waals surface area contributed by atoms with Crippen molar-refractivity contribution >= 4 is 11.9 Å². The molecule has 0 aromatic rings. The normalized spacial score (nSPS) is 22.5. The van der Waals surface area contributed by atoms with E-state index in [0.717, 1.165) is 0 Å². The van der Waals surface area contributed by atoms with Gasteiger partial charge in [0.25, 0.3) is 0 Å². The van der Waals surface area contributed by atoms with Crippen molar-refractivity contribution in [1.82, 2.24) is 15.1 Å². The summed E-state index contributed by atoms with van der Waals surface area (Å²) in [7, 11) is 3.36. The van der Waals surface area contributed by atoms with E-state index in [-0.39, 0.29) is 18.0 Å². The number of hydrogen-bond donors (Lipinski definition) is 1. The summed E-state index contributed by atoms with van der Waals surface area (Å²) >= 11 is 0. The molecule has 0 aromatic carbocycles. The van der Waals surface area contributed by atoms with Crippen molar-refractivity contribution in [2.45, 2.75) is 13.0 Å². The second kappa shape index (κ2) is 3.64. The van der Waals surface area contributed by atoms with E-state index in [9.17, 15) is 9.59 Å². The van der Waals surface area contributed by atoms with Crippen molar-refractivity contribution in [2.24, 2.45) is 0 Å². The van der Waals surface area contributed by atoms with Gasteiger partial charge in [0.1, 0.15) is 6.04 Å². The van der Waals surface area contributed by atoms with Gasteiger partial charge in [-0.25, -0.2) is 4.79 Å². The maximum absolute atomic E-state index is 11.5. The van der Waals surface area contributed by atoms with E-state index in [1.165, 1.54) is 4.90 Å². The van der Waals surface area contributed by atoms with Crippen LogP contribution >= 0.6 is 0 Å². The van der Waals surface area contributed by atoms with E-state index < -0.39 is 0 Å². The van der Waals surface area contributed by atoms with Crippen molar-refractivity contribution in [3.05, 3.63) is 0 Å². The number of nitrogens with one attached hydrogen (secondary N) is 1. The Hall–Kier alpha value is -1.26. The number of hydrogen-bond acceptors (Lipinski definition) is 2. The Kier molecular flexibility index (Phi) is 2.75. The zero-order chi connectivity index (χ0) is 10.0. The molecule has 1 N–H and O–H groups in total. The molecule has 1 fully saturated rings. The van der Waals surface area contributed by atoms with Gasteiger partial charge in [0.15, 0.2) is 0 Å². The molecule has 1 aliphatic rings. The Bertz CT molecular complexity index is 227. The van der Waals surface area contributed by atoms with Gasteiger partial charge in [-0.2, -0.15) is 0 Å². The average molecular weight is 185 g/mol. The Morgan fingerprint density at radius 3 is 2.77 bits per heavy atom. The van der Waals surface area contributed by atoms with Gasteiger partial charge < -0.3 is 15.1 Å². The van der Waals surface area contributed by atoms with Crippen LogP contribution in [0.25, 0.3) is 0 Å². The lowest BCUT2D eigenvalue weighted by molar-refractivity contribution is -0.127. The predicted molar refractivity (Wildman–Crippen MR) is 48.3 cm³/mol. The molecule has 1 unspecified atom stereocenters. The lowest BCUT2D eigenvalue weighted by Gasteiger charge is -2.34. The van der Waals surface area contributed by atoms with Gasteiger partial charge in [0, 0.05) is 27.2 Å². The molecule has 1 heterocycles. The topological polar surface area (TPSA) is 52.7 Å². The van der Waals surface area contributed by atoms with Crippen LogP contribution in [0.15, 0.2) is 0 Å². The van der Waals surface area contributed by atoms with Crippen molar-refractivity contribution in [1.29, 1.82) is 0 Å². The fourth-order valence-corrected chi connectivity index (χ4v) is 1.30. The van der Waals surface area contributed by atoms with E-state index in [1.807, 2.05) is 0 Å². The number of urea groups is 1. The maximum atomic E-state index is 11.5. The van der Waals surface area contributed by atoms with Gasteiger partial charge in [-0.1, -0.05) is 0 Å². The Balaban J connectivity index is 2.68. The van der Waals surface area contributed by atoms with Crippen LogP contribution in [0.4, 0.5) is 4.79 Å². The van der Waals surface area contributed by atoms with Crippen LogP contribution < -0.4 is 5.32 Å². The summed E-state index contributed by atoms with van der Waals surface area (Å²) in [5.41, 5.74) is 0. The zero-order valence-electron chi connectivity index (χ0n) is 8.20. The number of piperazine rings is 1. The highest BCUT2D eigenvalue weighted by molar-refractivity contribution is 5.87. The second-order valence-corrected chi connectivity index (χ2v) is 3.34. The SMILES string of the molecule is CC1C(=O)NCCN1C(=O)N(C)C. The number of nitrogens with zero attached hydrogens (tertiary/aromatic N) is 2. The Labute approximate surface area is 77.7 Å². The maximum Gasteiger partial charge on any atom is 0.320 e. The minimum Gasteiger partial charge on any atom is -0.353 e. The third-order valence-corrected chi connectivity index (χ3v) is 2.13. The lowest BCUT2D eigenvalue weighted by Crippen LogP contribution is -2.57. The van der Waals surface area contributed by atoms with Gasteiger partial charge in [-0.05, 0) is 6.92 Å². The molecule has 13 heavy (non-hydrogen) atoms. The first-order valence-electron chi connectivity index (χ1n) is 4.29. The summed E-state index contributed by atoms with van der Waals surface area (Å²) in [4.78, 5) is 25.8. The summed E-state index contributed by atoms with van der Waals surface area (Å²) in [6.45, 7) is 2.86. The standard InChI is InChI=1S/C8H15N3O2/c1-6-7(12)9-4-5-11(6)8(13)10(2)3/h6H,4-5H2,1-3H3,(H,9,12). The smallest absolute Gasteiger partial charge is 0.320 e. The molecule has 1 saturated heterocycles. The molecule has 1 rings (SSSR count). The number of amides is 3. The van der Waals surface area contributed by atoms with E-state index in [0.29, 0.717) is 13.1 Å². The zero-order valence-corrected chi connectivity index (χ0v) is 8.20. The summed E-state index contributed by atoms with van der Waals surface area (Å²) in [5, 5.41) is 2.70. The lowest BCUT2D eigenvalue weighted by atomic mass is 10.2. The average Bonchev–Trinajstić information content (AvgIpc) is 2.08. The molecule has 0 radical (unpaired) electrons. The summed E-state index contributed by atoms with van der Waals surface area (Å²) in [5.74, 6) is -0.0820. The Morgan fingerprint density at radius 1 is 1.62 bits per heavy atom. The van der Waals surface area contributed by atoms with Crippen LogP contribution in [0.2, 0.25) is 0 Å². The fraction of sp³-hybridized carbons (Fsp3) is 0.750. The highest BCUT2D eigenvalue weighted by atomic mass is 16.2. The molecule has 0 aromatic heterocycles. The number of rotatable bonds is 0. The van der Waals surface area contributed by atoms with Gasteiger partial charge in [-0.3, -0.25) is 4.79 Å². The summed E-state index contributed by atoms with van der Waals surface area (Å²) in [6, 6.07) is -0.467. The van der Waals surface area contributed by atoms with Crippen molar-refractivity contribution < 1.29 is 9.59 Å². The largest absolute Gasteiger partial charge is 0.353 e. The minimum atomic E-state index is -0.358. The molecule has 1 aliphatic heterocycles. The number of carbonyl (C=O) groups is 2. The van der Waals surface area contributed by atoms with Crippen molar-refractivity contribution in [3.63, 3.8) is 0 Å². The number of carbonyl (C=O) groups excluding carboxylic acids is 2. The van der Waals surface area contributed by atoms with E-state index >= 15 is 0 Å². The van der Waals surface area contributed by atoms with Crippen LogP contribution in [0.1, 0.15) is 6.92 Å². The molecular weight excluding hydrogens is 170 g/mol. The van der Waals surface area contributed by atoms with Crippen molar-refractivity contribution in [2.75, 3.05) is 27.2 Å². The van der Waals surface area contributed by atoms with Crippen LogP contribution in [0, 0.1) is 0 Å². The third-order valence-electron chi connectivity index (χ3n) is 2.13. The highest BCUT2D eigenvalue weighted by Crippen LogP contribution is 2.05. The molecule has 1 atom stereocenters. The quantitative estimate of drug-likeness (QED) is 0.552.